The second kappa shape index (κ2) is 17.5. The highest BCUT2D eigenvalue weighted by molar-refractivity contribution is 6.01. The number of alkyl halides is 2. The number of amides is 4. The molecule has 1 aliphatic heterocycles. The summed E-state index contributed by atoms with van der Waals surface area (Å²) in [5.41, 5.74) is 3.14. The number of piperazine rings is 1. The highest BCUT2D eigenvalue weighted by atomic mass is 19.3. The number of halogens is 2. The maximum absolute atomic E-state index is 14.0. The third-order valence-corrected chi connectivity index (χ3v) is 9.69. The second-order valence-electron chi connectivity index (χ2n) is 13.9. The zero-order valence-electron chi connectivity index (χ0n) is 30.1. The van der Waals surface area contributed by atoms with E-state index in [4.69, 9.17) is 0 Å². The van der Waals surface area contributed by atoms with Gasteiger partial charge in [-0.25, -0.2) is 8.78 Å². The van der Waals surface area contributed by atoms with Gasteiger partial charge in [-0.3, -0.25) is 28.8 Å². The fourth-order valence-corrected chi connectivity index (χ4v) is 6.62. The minimum atomic E-state index is -2.78. The van der Waals surface area contributed by atoms with Gasteiger partial charge in [0.15, 0.2) is 0 Å². The van der Waals surface area contributed by atoms with Crippen LogP contribution in [-0.2, 0) is 27.5 Å². The lowest BCUT2D eigenvalue weighted by atomic mass is 9.81. The zero-order chi connectivity index (χ0) is 37.3. The molecule has 2 heterocycles. The molecule has 13 heteroatoms. The van der Waals surface area contributed by atoms with Gasteiger partial charge in [-0.05, 0) is 61.4 Å². The van der Waals surface area contributed by atoms with Crippen molar-refractivity contribution in [2.45, 2.75) is 84.0 Å². The van der Waals surface area contributed by atoms with Gasteiger partial charge in [0.2, 0.25) is 17.7 Å². The van der Waals surface area contributed by atoms with Crippen molar-refractivity contribution in [1.82, 2.24) is 35.5 Å². The average molecular weight is 718 g/mol. The van der Waals surface area contributed by atoms with Crippen molar-refractivity contribution in [2.75, 3.05) is 26.2 Å². The van der Waals surface area contributed by atoms with Crippen molar-refractivity contribution >= 4 is 29.7 Å². The van der Waals surface area contributed by atoms with Crippen molar-refractivity contribution in [3.8, 4) is 0 Å². The first-order chi connectivity index (χ1) is 24.9. The van der Waals surface area contributed by atoms with Crippen molar-refractivity contribution in [3.05, 3.63) is 94.9 Å². The van der Waals surface area contributed by atoms with Crippen molar-refractivity contribution in [2.24, 2.45) is 5.92 Å². The van der Waals surface area contributed by atoms with Crippen LogP contribution >= 0.6 is 0 Å². The van der Waals surface area contributed by atoms with Crippen LogP contribution in [0, 0.1) is 5.92 Å². The second-order valence-corrected chi connectivity index (χ2v) is 13.9. The van der Waals surface area contributed by atoms with Gasteiger partial charge in [0.1, 0.15) is 17.4 Å². The summed E-state index contributed by atoms with van der Waals surface area (Å²) in [5.74, 6) is -4.69. The number of nitrogens with one attached hydrogen (secondary N) is 3. The van der Waals surface area contributed by atoms with Gasteiger partial charge in [-0.1, -0.05) is 61.5 Å². The van der Waals surface area contributed by atoms with Gasteiger partial charge in [-0.15, -0.1) is 0 Å². The van der Waals surface area contributed by atoms with E-state index in [-0.39, 0.29) is 67.9 Å². The normalized spacial score (nSPS) is 17.4. The Hall–Kier alpha value is -4.91. The first-order valence-corrected chi connectivity index (χ1v) is 18.1. The molecule has 1 saturated carbocycles. The smallest absolute Gasteiger partial charge is 0.270 e. The monoisotopic (exact) mass is 717 g/mol. The van der Waals surface area contributed by atoms with E-state index in [1.807, 2.05) is 32.0 Å². The molecule has 3 N–H and O–H groups in total. The molecule has 52 heavy (non-hydrogen) atoms. The van der Waals surface area contributed by atoms with Gasteiger partial charge in [0.25, 0.3) is 11.8 Å². The summed E-state index contributed by atoms with van der Waals surface area (Å²) in [5, 5.41) is 12.7. The van der Waals surface area contributed by atoms with Crippen LogP contribution in [0.1, 0.15) is 86.1 Å². The minimum Gasteiger partial charge on any atom is -0.350 e. The molecule has 1 saturated heterocycles. The van der Waals surface area contributed by atoms with Crippen LogP contribution in [0.25, 0.3) is 6.08 Å². The highest BCUT2D eigenvalue weighted by Gasteiger charge is 2.40. The van der Waals surface area contributed by atoms with E-state index in [9.17, 15) is 28.0 Å². The molecule has 1 atom stereocenters. The zero-order valence-corrected chi connectivity index (χ0v) is 30.1. The van der Waals surface area contributed by atoms with Crippen LogP contribution < -0.4 is 16.0 Å². The summed E-state index contributed by atoms with van der Waals surface area (Å²) >= 11 is 0. The number of rotatable bonds is 13. The van der Waals surface area contributed by atoms with Gasteiger partial charge in [0.05, 0.1) is 0 Å². The molecular formula is C39H49F2N7O4. The van der Waals surface area contributed by atoms with Crippen molar-refractivity contribution in [3.63, 3.8) is 0 Å². The first kappa shape index (κ1) is 38.3. The molecule has 1 aliphatic carbocycles. The quantitative estimate of drug-likeness (QED) is 0.216. The molecule has 2 fully saturated rings. The summed E-state index contributed by atoms with van der Waals surface area (Å²) in [6, 6.07) is 17.8. The Balaban J connectivity index is 1.22. The van der Waals surface area contributed by atoms with E-state index in [0.29, 0.717) is 18.7 Å². The van der Waals surface area contributed by atoms with Gasteiger partial charge in [0, 0.05) is 70.8 Å². The third-order valence-electron chi connectivity index (χ3n) is 9.69. The van der Waals surface area contributed by atoms with E-state index in [1.54, 1.807) is 52.9 Å². The van der Waals surface area contributed by atoms with E-state index in [2.05, 4.69) is 38.1 Å². The van der Waals surface area contributed by atoms with Crippen LogP contribution in [-0.4, -0.2) is 81.4 Å². The van der Waals surface area contributed by atoms with Crippen molar-refractivity contribution < 1.29 is 28.0 Å². The Bertz CT molecular complexity index is 1710. The van der Waals surface area contributed by atoms with Crippen LogP contribution in [0.4, 0.5) is 8.78 Å². The summed E-state index contributed by atoms with van der Waals surface area (Å²) in [7, 11) is 0. The van der Waals surface area contributed by atoms with Crippen LogP contribution in [0.3, 0.4) is 0 Å². The number of hydrogen-bond donors (Lipinski definition) is 3. The van der Waals surface area contributed by atoms with Crippen molar-refractivity contribution in [1.29, 1.82) is 0 Å². The van der Waals surface area contributed by atoms with E-state index >= 15 is 0 Å². The summed E-state index contributed by atoms with van der Waals surface area (Å²) in [4.78, 5) is 56.9. The predicted molar refractivity (Wildman–Crippen MR) is 194 cm³/mol. The van der Waals surface area contributed by atoms with E-state index in [1.165, 1.54) is 11.8 Å². The first-order valence-electron chi connectivity index (χ1n) is 18.1. The summed E-state index contributed by atoms with van der Waals surface area (Å²) < 4.78 is 29.6. The van der Waals surface area contributed by atoms with Crippen LogP contribution in [0.5, 0.6) is 0 Å². The van der Waals surface area contributed by atoms with E-state index in [0.717, 1.165) is 25.2 Å². The molecule has 11 nitrogen and oxygen atoms in total. The SMILES string of the molecule is CCC(=O)N/C(=C/c1ccc(CNC(=O)[C@@H](NC(=O)c2ccnn2C(C)C)C2CCC(F)(F)CC2)cc1)C(=O)N1CCN(Cc2ccccc2)CC1. The Labute approximate surface area is 303 Å². The predicted octanol–water partition coefficient (Wildman–Crippen LogP) is 4.92. The average Bonchev–Trinajstić information content (AvgIpc) is 3.65. The molecule has 0 radical (unpaired) electrons. The highest BCUT2D eigenvalue weighted by Crippen LogP contribution is 2.37. The Morgan fingerprint density at radius 2 is 1.60 bits per heavy atom. The number of nitrogens with zero attached hydrogens (tertiary/aromatic N) is 4. The fraction of sp³-hybridized carbons (Fsp3) is 0.462. The Morgan fingerprint density at radius 1 is 0.923 bits per heavy atom. The topological polar surface area (TPSA) is 129 Å². The lowest BCUT2D eigenvalue weighted by molar-refractivity contribution is -0.131. The molecule has 2 aliphatic rings. The number of carbonyl (C=O) groups excluding carboxylic acids is 4. The number of aromatic nitrogens is 2. The molecule has 0 unspecified atom stereocenters. The molecule has 1 aromatic heterocycles. The molecule has 2 aromatic carbocycles. The van der Waals surface area contributed by atoms with Crippen LogP contribution in [0.2, 0.25) is 0 Å². The molecular weight excluding hydrogens is 668 g/mol. The molecule has 3 aromatic rings. The maximum atomic E-state index is 14.0. The van der Waals surface area contributed by atoms with Gasteiger partial charge in [-0.2, -0.15) is 5.10 Å². The Morgan fingerprint density at radius 3 is 2.23 bits per heavy atom. The largest absolute Gasteiger partial charge is 0.350 e. The lowest BCUT2D eigenvalue weighted by Crippen LogP contribution is -2.52. The number of carbonyl (C=O) groups is 4. The molecule has 278 valence electrons. The lowest BCUT2D eigenvalue weighted by Gasteiger charge is -2.35. The molecule has 5 rings (SSSR count). The fourth-order valence-electron chi connectivity index (χ4n) is 6.62. The third kappa shape index (κ3) is 10.3. The minimum absolute atomic E-state index is 0.0905. The maximum Gasteiger partial charge on any atom is 0.270 e. The van der Waals surface area contributed by atoms with Gasteiger partial charge >= 0.3 is 0 Å². The summed E-state index contributed by atoms with van der Waals surface area (Å²) in [6.45, 7) is 8.94. The number of hydrogen-bond acceptors (Lipinski definition) is 6. The summed E-state index contributed by atoms with van der Waals surface area (Å²) in [6.07, 6.45) is 2.91. The molecule has 0 spiro atoms. The Kier molecular flexibility index (Phi) is 12.9. The standard InChI is InChI=1S/C39H49F2N7O4/c1-4-34(49)44-32(38(52)47-22-20-46(21-23-47)26-30-8-6-5-7-9-30)24-28-10-12-29(13-11-28)25-42-37(51)35(31-14-17-39(40,41)18-15-31)45-36(50)33-16-19-43-48(33)27(2)3/h5-13,16,19,24,27,31,35H,4,14-15,17-18,20-23,25-26H2,1-3H3,(H,42,51)(H,44,49)(H,45,50)/b32-24+/t35-/m0/s1. The molecule has 0 bridgehead atoms. The van der Waals surface area contributed by atoms with Crippen LogP contribution in [0.15, 0.2) is 72.6 Å². The number of benzene rings is 2. The van der Waals surface area contributed by atoms with E-state index < -0.39 is 29.7 Å². The van der Waals surface area contributed by atoms with Gasteiger partial charge < -0.3 is 20.9 Å². The molecule has 4 amide bonds.